The van der Waals surface area contributed by atoms with Crippen molar-refractivity contribution in [1.82, 2.24) is 0 Å². The van der Waals surface area contributed by atoms with Crippen LogP contribution in [-0.4, -0.2) is 5.11 Å². The fourth-order valence-corrected chi connectivity index (χ4v) is 2.69. The van der Waals surface area contributed by atoms with Gasteiger partial charge in [0, 0.05) is 15.9 Å². The Labute approximate surface area is 131 Å². The van der Waals surface area contributed by atoms with Crippen LogP contribution >= 0.6 is 39.1 Å². The first-order chi connectivity index (χ1) is 8.97. The topological polar surface area (TPSA) is 20.2 Å². The molecule has 2 aromatic carbocycles. The molecule has 0 radical (unpaired) electrons. The highest BCUT2D eigenvalue weighted by atomic mass is 79.9. The normalized spacial score (nSPS) is 12.5. The van der Waals surface area contributed by atoms with Gasteiger partial charge in [0.25, 0.3) is 0 Å². The molecule has 0 aliphatic carbocycles. The highest BCUT2D eigenvalue weighted by molar-refractivity contribution is 9.10. The fourth-order valence-electron chi connectivity index (χ4n) is 1.86. The Kier molecular flexibility index (Phi) is 4.91. The molecule has 0 aromatic heterocycles. The number of hydrogen-bond acceptors (Lipinski definition) is 1. The van der Waals surface area contributed by atoms with E-state index in [1.807, 2.05) is 37.3 Å². The summed E-state index contributed by atoms with van der Waals surface area (Å²) in [6, 6.07) is 11.3. The number of rotatable bonds is 3. The summed E-state index contributed by atoms with van der Waals surface area (Å²) in [5.74, 6) is 0. The van der Waals surface area contributed by atoms with Gasteiger partial charge in [-0.05, 0) is 57.7 Å². The second kappa shape index (κ2) is 6.27. The molecule has 0 aliphatic rings. The molecule has 19 heavy (non-hydrogen) atoms. The summed E-state index contributed by atoms with van der Waals surface area (Å²) in [4.78, 5) is 0. The van der Waals surface area contributed by atoms with Crippen molar-refractivity contribution < 1.29 is 5.11 Å². The zero-order valence-electron chi connectivity index (χ0n) is 10.3. The van der Waals surface area contributed by atoms with Crippen molar-refractivity contribution in [3.63, 3.8) is 0 Å². The minimum absolute atomic E-state index is 0.479. The van der Waals surface area contributed by atoms with E-state index in [0.717, 1.165) is 21.2 Å². The maximum Gasteiger partial charge on any atom is 0.0831 e. The van der Waals surface area contributed by atoms with Crippen LogP contribution in [0.3, 0.4) is 0 Å². The SMILES string of the molecule is Cc1ccc(CC(O)c2ccc(Cl)c(Br)c2)c(Cl)c1. The number of benzene rings is 2. The fraction of sp³-hybridized carbons (Fsp3) is 0.200. The summed E-state index contributed by atoms with van der Waals surface area (Å²) in [7, 11) is 0. The van der Waals surface area contributed by atoms with Crippen molar-refractivity contribution >= 4 is 39.1 Å². The second-order valence-corrected chi connectivity index (χ2v) is 6.16. The third-order valence-corrected chi connectivity index (χ3v) is 4.52. The van der Waals surface area contributed by atoms with Gasteiger partial charge in [0.1, 0.15) is 0 Å². The lowest BCUT2D eigenvalue weighted by molar-refractivity contribution is 0.178. The molecule has 1 unspecified atom stereocenters. The lowest BCUT2D eigenvalue weighted by Crippen LogP contribution is -2.02. The first-order valence-corrected chi connectivity index (χ1v) is 7.40. The molecule has 4 heteroatoms. The number of aryl methyl sites for hydroxylation is 1. The molecule has 100 valence electrons. The molecule has 1 nitrogen and oxygen atoms in total. The molecule has 2 aromatic rings. The van der Waals surface area contributed by atoms with Crippen LogP contribution in [0.1, 0.15) is 22.8 Å². The zero-order chi connectivity index (χ0) is 14.0. The van der Waals surface area contributed by atoms with Gasteiger partial charge >= 0.3 is 0 Å². The number of halogens is 3. The zero-order valence-corrected chi connectivity index (χ0v) is 13.4. The third-order valence-electron chi connectivity index (χ3n) is 2.95. The standard InChI is InChI=1S/C15H13BrCl2O/c1-9-2-3-10(14(18)6-9)8-15(19)11-4-5-13(17)12(16)7-11/h2-7,15,19H,8H2,1H3. The van der Waals surface area contributed by atoms with Crippen LogP contribution in [0.15, 0.2) is 40.9 Å². The van der Waals surface area contributed by atoms with Crippen LogP contribution in [0.5, 0.6) is 0 Å². The van der Waals surface area contributed by atoms with E-state index in [2.05, 4.69) is 15.9 Å². The molecule has 1 atom stereocenters. The van der Waals surface area contributed by atoms with Gasteiger partial charge in [-0.15, -0.1) is 0 Å². The van der Waals surface area contributed by atoms with E-state index in [9.17, 15) is 5.11 Å². The smallest absolute Gasteiger partial charge is 0.0831 e. The van der Waals surface area contributed by atoms with Gasteiger partial charge in [0.2, 0.25) is 0 Å². The van der Waals surface area contributed by atoms with Crippen LogP contribution in [-0.2, 0) is 6.42 Å². The van der Waals surface area contributed by atoms with E-state index in [1.165, 1.54) is 0 Å². The lowest BCUT2D eigenvalue weighted by Gasteiger charge is -2.13. The summed E-state index contributed by atoms with van der Waals surface area (Å²) >= 11 is 15.5. The maximum atomic E-state index is 10.3. The average molecular weight is 360 g/mol. The predicted octanol–water partition coefficient (Wildman–Crippen LogP) is 5.34. The van der Waals surface area contributed by atoms with Crippen molar-refractivity contribution in [2.45, 2.75) is 19.4 Å². The van der Waals surface area contributed by atoms with Gasteiger partial charge in [-0.3, -0.25) is 0 Å². The van der Waals surface area contributed by atoms with Gasteiger partial charge < -0.3 is 5.11 Å². The molecular weight excluding hydrogens is 347 g/mol. The molecule has 0 heterocycles. The molecule has 0 fully saturated rings. The van der Waals surface area contributed by atoms with Gasteiger partial charge in [-0.1, -0.05) is 41.4 Å². The Bertz CT molecular complexity index is 599. The molecule has 1 N–H and O–H groups in total. The van der Waals surface area contributed by atoms with Gasteiger partial charge in [-0.2, -0.15) is 0 Å². The highest BCUT2D eigenvalue weighted by Crippen LogP contribution is 2.29. The minimum Gasteiger partial charge on any atom is -0.388 e. The second-order valence-electron chi connectivity index (χ2n) is 4.49. The van der Waals surface area contributed by atoms with Crippen LogP contribution in [0, 0.1) is 6.92 Å². The molecule has 0 aliphatic heterocycles. The van der Waals surface area contributed by atoms with Crippen molar-refractivity contribution in [3.8, 4) is 0 Å². The molecular formula is C15H13BrCl2O. The Balaban J connectivity index is 2.20. The molecule has 0 bridgehead atoms. The Morgan fingerprint density at radius 2 is 1.84 bits per heavy atom. The van der Waals surface area contributed by atoms with Gasteiger partial charge in [-0.25, -0.2) is 0 Å². The summed E-state index contributed by atoms with van der Waals surface area (Å²) in [5.41, 5.74) is 2.86. The summed E-state index contributed by atoms with van der Waals surface area (Å²) in [6.45, 7) is 1.99. The number of aliphatic hydroxyl groups is 1. The van der Waals surface area contributed by atoms with Gasteiger partial charge in [0.05, 0.1) is 11.1 Å². The molecule has 0 saturated heterocycles. The van der Waals surface area contributed by atoms with Gasteiger partial charge in [0.15, 0.2) is 0 Å². The quantitative estimate of drug-likeness (QED) is 0.784. The van der Waals surface area contributed by atoms with Crippen molar-refractivity contribution in [2.75, 3.05) is 0 Å². The third kappa shape index (κ3) is 3.73. The first kappa shape index (κ1) is 14.9. The van der Waals surface area contributed by atoms with Crippen molar-refractivity contribution in [1.29, 1.82) is 0 Å². The van der Waals surface area contributed by atoms with Crippen molar-refractivity contribution in [3.05, 3.63) is 67.6 Å². The summed E-state index contributed by atoms with van der Waals surface area (Å²) in [5, 5.41) is 11.6. The Hall–Kier alpha value is -0.540. The predicted molar refractivity (Wildman–Crippen MR) is 84.0 cm³/mol. The van der Waals surface area contributed by atoms with E-state index in [0.29, 0.717) is 16.5 Å². The molecule has 0 spiro atoms. The average Bonchev–Trinajstić information content (AvgIpc) is 2.36. The molecule has 0 amide bonds. The van der Waals surface area contributed by atoms with Crippen LogP contribution in [0.4, 0.5) is 0 Å². The molecule has 2 rings (SSSR count). The summed E-state index contributed by atoms with van der Waals surface area (Å²) < 4.78 is 0.778. The Morgan fingerprint density at radius 1 is 1.11 bits per heavy atom. The first-order valence-electron chi connectivity index (χ1n) is 5.85. The highest BCUT2D eigenvalue weighted by Gasteiger charge is 2.12. The lowest BCUT2D eigenvalue weighted by atomic mass is 10.0. The van der Waals surface area contributed by atoms with E-state index >= 15 is 0 Å². The van der Waals surface area contributed by atoms with E-state index < -0.39 is 6.10 Å². The monoisotopic (exact) mass is 358 g/mol. The van der Waals surface area contributed by atoms with E-state index in [1.54, 1.807) is 6.07 Å². The van der Waals surface area contributed by atoms with Crippen molar-refractivity contribution in [2.24, 2.45) is 0 Å². The molecule has 0 saturated carbocycles. The van der Waals surface area contributed by atoms with E-state index in [-0.39, 0.29) is 0 Å². The number of hydrogen-bond donors (Lipinski definition) is 1. The number of aliphatic hydroxyl groups excluding tert-OH is 1. The summed E-state index contributed by atoms with van der Waals surface area (Å²) in [6.07, 6.45) is -0.124. The van der Waals surface area contributed by atoms with E-state index in [4.69, 9.17) is 23.2 Å². The minimum atomic E-state index is -0.603. The Morgan fingerprint density at radius 3 is 2.47 bits per heavy atom. The van der Waals surface area contributed by atoms with Crippen LogP contribution < -0.4 is 0 Å². The maximum absolute atomic E-state index is 10.3. The van der Waals surface area contributed by atoms with Crippen LogP contribution in [0.25, 0.3) is 0 Å². The largest absolute Gasteiger partial charge is 0.388 e. The van der Waals surface area contributed by atoms with Crippen LogP contribution in [0.2, 0.25) is 10.0 Å².